The third kappa shape index (κ3) is 3.40. The first-order chi connectivity index (χ1) is 12.2. The van der Waals surface area contributed by atoms with Crippen molar-refractivity contribution in [3.8, 4) is 0 Å². The summed E-state index contributed by atoms with van der Waals surface area (Å²) in [6, 6.07) is 6.73. The van der Waals surface area contributed by atoms with Crippen LogP contribution in [-0.4, -0.2) is 60.1 Å². The third-order valence-corrected chi connectivity index (χ3v) is 5.54. The van der Waals surface area contributed by atoms with Crippen molar-refractivity contribution in [1.82, 2.24) is 9.80 Å². The van der Waals surface area contributed by atoms with Gasteiger partial charge in [-0.3, -0.25) is 4.90 Å². The van der Waals surface area contributed by atoms with Crippen molar-refractivity contribution in [3.05, 3.63) is 40.3 Å². The van der Waals surface area contributed by atoms with Gasteiger partial charge in [-0.05, 0) is 30.0 Å². The molecule has 4 rings (SSSR count). The predicted octanol–water partition coefficient (Wildman–Crippen LogP) is 3.02. The number of amidine groups is 1. The molecule has 0 saturated carbocycles. The first-order valence-electron chi connectivity index (χ1n) is 8.56. The molecule has 2 aliphatic rings. The maximum Gasteiger partial charge on any atom is 0.148 e. The van der Waals surface area contributed by atoms with E-state index < -0.39 is 0 Å². The van der Waals surface area contributed by atoms with Crippen LogP contribution < -0.4 is 5.32 Å². The zero-order chi connectivity index (χ0) is 17.2. The summed E-state index contributed by atoms with van der Waals surface area (Å²) < 4.78 is 13.7. The Bertz CT molecular complexity index is 783. The van der Waals surface area contributed by atoms with Gasteiger partial charge < -0.3 is 15.3 Å². The quantitative estimate of drug-likeness (QED) is 0.883. The number of rotatable bonds is 3. The second-order valence-electron chi connectivity index (χ2n) is 6.29. The van der Waals surface area contributed by atoms with Gasteiger partial charge >= 0.3 is 0 Å². The molecule has 2 aliphatic heterocycles. The number of benzene rings is 1. The zero-order valence-corrected chi connectivity index (χ0v) is 14.7. The molecule has 2 N–H and O–H groups in total. The molecule has 0 unspecified atom stereocenters. The number of aliphatic hydroxyl groups excluding tert-OH is 1. The van der Waals surface area contributed by atoms with Crippen molar-refractivity contribution < 1.29 is 9.50 Å². The van der Waals surface area contributed by atoms with Crippen LogP contribution in [0.3, 0.4) is 0 Å². The Hall–Kier alpha value is -1.96. The van der Waals surface area contributed by atoms with Gasteiger partial charge in [-0.25, -0.2) is 9.38 Å². The molecular weight excluding hydrogens is 339 g/mol. The zero-order valence-electron chi connectivity index (χ0n) is 13.9. The summed E-state index contributed by atoms with van der Waals surface area (Å²) in [4.78, 5) is 10.6. The standard InChI is InChI=1S/C18H21FN4OS/c19-13-2-3-14-16(12-13)21-18(17-15(20-14)4-11-25-17)23-8-6-22(7-9-23)5-1-10-24/h2-4,11-12,20,24H,1,5-10H2. The van der Waals surface area contributed by atoms with Crippen LogP contribution >= 0.6 is 11.3 Å². The molecule has 0 spiro atoms. The average Bonchev–Trinajstić information content (AvgIpc) is 3.02. The number of nitrogens with zero attached hydrogens (tertiary/aromatic N) is 3. The van der Waals surface area contributed by atoms with E-state index in [0.717, 1.165) is 61.2 Å². The van der Waals surface area contributed by atoms with Crippen LogP contribution in [0.5, 0.6) is 0 Å². The van der Waals surface area contributed by atoms with E-state index >= 15 is 0 Å². The summed E-state index contributed by atoms with van der Waals surface area (Å²) in [5, 5.41) is 14.4. The summed E-state index contributed by atoms with van der Waals surface area (Å²) in [6.45, 7) is 4.82. The Morgan fingerprint density at radius 2 is 2.00 bits per heavy atom. The van der Waals surface area contributed by atoms with E-state index in [0.29, 0.717) is 5.69 Å². The number of nitrogens with one attached hydrogen (secondary N) is 1. The maximum absolute atomic E-state index is 13.7. The lowest BCUT2D eigenvalue weighted by Crippen LogP contribution is -2.49. The highest BCUT2D eigenvalue weighted by Gasteiger charge is 2.25. The number of piperazine rings is 1. The molecule has 1 aromatic carbocycles. The molecule has 0 atom stereocenters. The van der Waals surface area contributed by atoms with E-state index in [1.807, 2.05) is 6.07 Å². The fourth-order valence-corrected chi connectivity index (χ4v) is 4.15. The summed E-state index contributed by atoms with van der Waals surface area (Å²) in [5.74, 6) is 0.645. The molecule has 2 aromatic rings. The van der Waals surface area contributed by atoms with Gasteiger partial charge in [-0.15, -0.1) is 11.3 Å². The van der Waals surface area contributed by atoms with Crippen LogP contribution in [0.15, 0.2) is 34.6 Å². The van der Waals surface area contributed by atoms with Gasteiger partial charge in [0.25, 0.3) is 0 Å². The molecule has 0 bridgehead atoms. The molecule has 132 valence electrons. The van der Waals surface area contributed by atoms with Crippen LogP contribution in [0.25, 0.3) is 0 Å². The van der Waals surface area contributed by atoms with Crippen LogP contribution in [-0.2, 0) is 0 Å². The molecular formula is C18H21FN4OS. The topological polar surface area (TPSA) is 51.1 Å². The minimum atomic E-state index is -0.275. The molecule has 0 aliphatic carbocycles. The van der Waals surface area contributed by atoms with E-state index in [4.69, 9.17) is 10.1 Å². The molecule has 0 radical (unpaired) electrons. The largest absolute Gasteiger partial charge is 0.396 e. The van der Waals surface area contributed by atoms with Gasteiger partial charge in [0, 0.05) is 45.4 Å². The van der Waals surface area contributed by atoms with Crippen molar-refractivity contribution in [3.63, 3.8) is 0 Å². The highest BCUT2D eigenvalue weighted by molar-refractivity contribution is 7.12. The van der Waals surface area contributed by atoms with E-state index in [1.54, 1.807) is 17.4 Å². The van der Waals surface area contributed by atoms with Gasteiger partial charge in [0.15, 0.2) is 0 Å². The summed E-state index contributed by atoms with van der Waals surface area (Å²) >= 11 is 1.65. The Kier molecular flexibility index (Phi) is 4.70. The highest BCUT2D eigenvalue weighted by atomic mass is 32.1. The van der Waals surface area contributed by atoms with E-state index in [2.05, 4.69) is 20.5 Å². The fourth-order valence-electron chi connectivity index (χ4n) is 3.29. The van der Waals surface area contributed by atoms with Crippen molar-refractivity contribution >= 4 is 34.2 Å². The van der Waals surface area contributed by atoms with Crippen LogP contribution in [0.2, 0.25) is 0 Å². The SMILES string of the molecule is OCCCN1CCN(C2=Nc3cc(F)ccc3Nc3ccsc32)CC1. The van der Waals surface area contributed by atoms with Gasteiger partial charge in [0.1, 0.15) is 11.7 Å². The summed E-state index contributed by atoms with van der Waals surface area (Å²) in [5.41, 5.74) is 2.50. The summed E-state index contributed by atoms with van der Waals surface area (Å²) in [7, 11) is 0. The lowest BCUT2D eigenvalue weighted by molar-refractivity contribution is 0.166. The van der Waals surface area contributed by atoms with E-state index in [1.165, 1.54) is 12.1 Å². The number of anilines is 2. The van der Waals surface area contributed by atoms with E-state index in [-0.39, 0.29) is 12.4 Å². The second-order valence-corrected chi connectivity index (χ2v) is 7.21. The lowest BCUT2D eigenvalue weighted by atomic mass is 10.2. The van der Waals surface area contributed by atoms with Gasteiger partial charge in [0.2, 0.25) is 0 Å². The third-order valence-electron chi connectivity index (χ3n) is 4.63. The second kappa shape index (κ2) is 7.11. The fraction of sp³-hybridized carbons (Fsp3) is 0.389. The normalized spacial score (nSPS) is 17.4. The predicted molar refractivity (Wildman–Crippen MR) is 99.9 cm³/mol. The average molecular weight is 360 g/mol. The maximum atomic E-state index is 13.7. The Labute approximate surface area is 150 Å². The van der Waals surface area contributed by atoms with Gasteiger partial charge in [0.05, 0.1) is 21.9 Å². The van der Waals surface area contributed by atoms with Crippen molar-refractivity contribution in [1.29, 1.82) is 0 Å². The molecule has 1 aromatic heterocycles. The number of halogens is 1. The number of aliphatic hydroxyl groups is 1. The Balaban J connectivity index is 1.62. The van der Waals surface area contributed by atoms with Crippen molar-refractivity contribution in [2.75, 3.05) is 44.6 Å². The molecule has 25 heavy (non-hydrogen) atoms. The minimum absolute atomic E-state index is 0.236. The number of thiophene rings is 1. The molecule has 0 amide bonds. The monoisotopic (exact) mass is 360 g/mol. The molecule has 1 fully saturated rings. The van der Waals surface area contributed by atoms with Crippen molar-refractivity contribution in [2.24, 2.45) is 4.99 Å². The smallest absolute Gasteiger partial charge is 0.148 e. The van der Waals surface area contributed by atoms with E-state index in [9.17, 15) is 4.39 Å². The van der Waals surface area contributed by atoms with Gasteiger partial charge in [-0.2, -0.15) is 0 Å². The van der Waals surface area contributed by atoms with Crippen molar-refractivity contribution in [2.45, 2.75) is 6.42 Å². The number of aliphatic imine (C=N–C) groups is 1. The molecule has 3 heterocycles. The lowest BCUT2D eigenvalue weighted by Gasteiger charge is -2.36. The first kappa shape index (κ1) is 16.5. The number of hydrogen-bond donors (Lipinski definition) is 2. The van der Waals surface area contributed by atoms with Crippen LogP contribution in [0, 0.1) is 5.82 Å². The highest BCUT2D eigenvalue weighted by Crippen LogP contribution is 2.37. The Morgan fingerprint density at radius 3 is 2.80 bits per heavy atom. The molecule has 7 heteroatoms. The first-order valence-corrected chi connectivity index (χ1v) is 9.44. The van der Waals surface area contributed by atoms with Crippen LogP contribution in [0.4, 0.5) is 21.5 Å². The van der Waals surface area contributed by atoms with Gasteiger partial charge in [-0.1, -0.05) is 0 Å². The molecule has 1 saturated heterocycles. The summed E-state index contributed by atoms with van der Waals surface area (Å²) in [6.07, 6.45) is 0.812. The Morgan fingerprint density at radius 1 is 1.16 bits per heavy atom. The minimum Gasteiger partial charge on any atom is -0.396 e. The number of fused-ring (bicyclic) bond motifs is 2. The van der Waals surface area contributed by atoms with Crippen LogP contribution in [0.1, 0.15) is 11.3 Å². The molecule has 5 nitrogen and oxygen atoms in total. The number of hydrogen-bond acceptors (Lipinski definition) is 6.